The first-order chi connectivity index (χ1) is 8.11. The van der Waals surface area contributed by atoms with Crippen molar-refractivity contribution in [2.75, 3.05) is 6.61 Å². The van der Waals surface area contributed by atoms with Crippen molar-refractivity contribution in [3.8, 4) is 0 Å². The molecular formula is C12H14O4S. The van der Waals surface area contributed by atoms with Crippen molar-refractivity contribution in [2.24, 2.45) is 0 Å². The Morgan fingerprint density at radius 3 is 2.76 bits per heavy atom. The Balaban J connectivity index is 2.18. The van der Waals surface area contributed by atoms with Crippen molar-refractivity contribution in [1.29, 1.82) is 0 Å². The summed E-state index contributed by atoms with van der Waals surface area (Å²) in [5.41, 5.74) is 0.688. The van der Waals surface area contributed by atoms with Crippen LogP contribution in [0.1, 0.15) is 19.1 Å². The summed E-state index contributed by atoms with van der Waals surface area (Å²) in [6, 6.07) is 9.13. The van der Waals surface area contributed by atoms with Crippen LogP contribution in [-0.4, -0.2) is 15.0 Å². The van der Waals surface area contributed by atoms with Crippen molar-refractivity contribution in [3.63, 3.8) is 0 Å². The van der Waals surface area contributed by atoms with E-state index in [0.717, 1.165) is 5.39 Å². The Kier molecular flexibility index (Phi) is 3.49. The minimum absolute atomic E-state index is 0.211. The van der Waals surface area contributed by atoms with Gasteiger partial charge in [-0.15, -0.1) is 0 Å². The van der Waals surface area contributed by atoms with Gasteiger partial charge in [-0.1, -0.05) is 25.1 Å². The highest BCUT2D eigenvalue weighted by atomic mass is 32.2. The number of fused-ring (bicyclic) bond motifs is 1. The van der Waals surface area contributed by atoms with Gasteiger partial charge in [0, 0.05) is 5.39 Å². The van der Waals surface area contributed by atoms with Gasteiger partial charge >= 0.3 is 0 Å². The van der Waals surface area contributed by atoms with Gasteiger partial charge in [-0.05, 0) is 18.6 Å². The van der Waals surface area contributed by atoms with Crippen LogP contribution in [0.4, 0.5) is 0 Å². The molecule has 0 N–H and O–H groups in total. The molecule has 1 aromatic carbocycles. The van der Waals surface area contributed by atoms with Gasteiger partial charge in [-0.2, -0.15) is 8.42 Å². The van der Waals surface area contributed by atoms with Gasteiger partial charge in [0.1, 0.15) is 17.1 Å². The Bertz CT molecular complexity index is 565. The highest BCUT2D eigenvalue weighted by molar-refractivity contribution is 7.85. The van der Waals surface area contributed by atoms with E-state index in [4.69, 9.17) is 8.60 Å². The third-order valence-electron chi connectivity index (χ3n) is 2.26. The first-order valence-corrected chi connectivity index (χ1v) is 7.03. The predicted octanol–water partition coefficient (Wildman–Crippen LogP) is 2.69. The van der Waals surface area contributed by atoms with Crippen molar-refractivity contribution in [1.82, 2.24) is 0 Å². The minimum atomic E-state index is -3.54. The maximum Gasteiger partial charge on any atom is 0.274 e. The van der Waals surface area contributed by atoms with Crippen molar-refractivity contribution >= 4 is 21.1 Å². The fraction of sp³-hybridized carbons (Fsp3) is 0.333. The zero-order valence-corrected chi connectivity index (χ0v) is 10.4. The lowest BCUT2D eigenvalue weighted by Gasteiger charge is -2.01. The molecule has 0 aliphatic carbocycles. The van der Waals surface area contributed by atoms with Crippen molar-refractivity contribution < 1.29 is 17.0 Å². The van der Waals surface area contributed by atoms with Crippen LogP contribution >= 0.6 is 0 Å². The topological polar surface area (TPSA) is 56.5 Å². The molecule has 0 spiro atoms. The molecule has 0 fully saturated rings. The molecule has 5 heteroatoms. The van der Waals surface area contributed by atoms with Gasteiger partial charge in [0.25, 0.3) is 10.1 Å². The quantitative estimate of drug-likeness (QED) is 0.770. The average molecular weight is 254 g/mol. The molecule has 0 aliphatic heterocycles. The Hall–Kier alpha value is -1.33. The molecule has 0 amide bonds. The standard InChI is InChI=1S/C12H14O4S/c1-2-7-15-17(13,14)9-11-8-10-5-3-4-6-12(10)16-11/h3-6,8H,2,7,9H2,1H3. The van der Waals surface area contributed by atoms with E-state index in [1.807, 2.05) is 25.1 Å². The lowest BCUT2D eigenvalue weighted by molar-refractivity contribution is 0.315. The Morgan fingerprint density at radius 2 is 2.06 bits per heavy atom. The minimum Gasteiger partial charge on any atom is -0.460 e. The molecule has 1 heterocycles. The zero-order chi connectivity index (χ0) is 12.3. The Labute approximate surface area is 100 Å². The predicted molar refractivity (Wildman–Crippen MR) is 65.1 cm³/mol. The van der Waals surface area contributed by atoms with Crippen LogP contribution in [0.5, 0.6) is 0 Å². The van der Waals surface area contributed by atoms with Gasteiger partial charge in [-0.3, -0.25) is 4.18 Å². The van der Waals surface area contributed by atoms with E-state index >= 15 is 0 Å². The van der Waals surface area contributed by atoms with Gasteiger partial charge in [-0.25, -0.2) is 0 Å². The summed E-state index contributed by atoms with van der Waals surface area (Å²) in [6.07, 6.45) is 0.666. The van der Waals surface area contributed by atoms with E-state index < -0.39 is 10.1 Å². The molecule has 0 saturated heterocycles. The normalized spacial score (nSPS) is 12.1. The fourth-order valence-electron chi connectivity index (χ4n) is 1.53. The van der Waals surface area contributed by atoms with E-state index in [2.05, 4.69) is 0 Å². The van der Waals surface area contributed by atoms with Crippen LogP contribution in [-0.2, 0) is 20.1 Å². The van der Waals surface area contributed by atoms with E-state index in [1.54, 1.807) is 12.1 Å². The molecule has 0 unspecified atom stereocenters. The molecular weight excluding hydrogens is 240 g/mol. The van der Waals surface area contributed by atoms with E-state index in [9.17, 15) is 8.42 Å². The van der Waals surface area contributed by atoms with Crippen LogP contribution in [0.15, 0.2) is 34.7 Å². The summed E-state index contributed by atoms with van der Waals surface area (Å²) in [5.74, 6) is 0.184. The first-order valence-electron chi connectivity index (χ1n) is 5.45. The number of rotatable bonds is 5. The lowest BCUT2D eigenvalue weighted by atomic mass is 10.2. The lowest BCUT2D eigenvalue weighted by Crippen LogP contribution is -2.08. The molecule has 2 aromatic rings. The highest BCUT2D eigenvalue weighted by Gasteiger charge is 2.15. The van der Waals surface area contributed by atoms with E-state index in [1.165, 1.54) is 0 Å². The van der Waals surface area contributed by atoms with E-state index in [0.29, 0.717) is 17.8 Å². The zero-order valence-electron chi connectivity index (χ0n) is 9.55. The third-order valence-corrected chi connectivity index (χ3v) is 3.43. The second-order valence-corrected chi connectivity index (χ2v) is 5.41. The van der Waals surface area contributed by atoms with Crippen LogP contribution < -0.4 is 0 Å². The van der Waals surface area contributed by atoms with Crippen LogP contribution in [0.3, 0.4) is 0 Å². The van der Waals surface area contributed by atoms with Gasteiger partial charge in [0.15, 0.2) is 0 Å². The first kappa shape index (κ1) is 12.1. The maximum absolute atomic E-state index is 11.6. The molecule has 2 rings (SSSR count). The highest BCUT2D eigenvalue weighted by Crippen LogP contribution is 2.20. The van der Waals surface area contributed by atoms with Gasteiger partial charge in [0.05, 0.1) is 6.61 Å². The van der Waals surface area contributed by atoms with Crippen LogP contribution in [0.25, 0.3) is 11.0 Å². The van der Waals surface area contributed by atoms with Gasteiger partial charge in [0.2, 0.25) is 0 Å². The SMILES string of the molecule is CCCOS(=O)(=O)Cc1cc2ccccc2o1. The van der Waals surface area contributed by atoms with E-state index in [-0.39, 0.29) is 12.4 Å². The summed E-state index contributed by atoms with van der Waals surface area (Å²) in [4.78, 5) is 0. The second kappa shape index (κ2) is 4.89. The Morgan fingerprint density at radius 1 is 1.29 bits per heavy atom. The summed E-state index contributed by atoms with van der Waals surface area (Å²) in [5, 5.41) is 0.896. The van der Waals surface area contributed by atoms with Crippen LogP contribution in [0.2, 0.25) is 0 Å². The molecule has 0 bridgehead atoms. The number of hydrogen-bond donors (Lipinski definition) is 0. The maximum atomic E-state index is 11.6. The summed E-state index contributed by atoms with van der Waals surface area (Å²) in [7, 11) is -3.54. The fourth-order valence-corrected chi connectivity index (χ4v) is 2.53. The molecule has 0 radical (unpaired) electrons. The number of furan rings is 1. The summed E-state index contributed by atoms with van der Waals surface area (Å²) >= 11 is 0. The molecule has 0 saturated carbocycles. The molecule has 0 atom stereocenters. The molecule has 1 aromatic heterocycles. The summed E-state index contributed by atoms with van der Waals surface area (Å²) in [6.45, 7) is 2.07. The van der Waals surface area contributed by atoms with Gasteiger partial charge < -0.3 is 4.42 Å². The number of hydrogen-bond acceptors (Lipinski definition) is 4. The molecule has 4 nitrogen and oxygen atoms in total. The number of para-hydroxylation sites is 1. The van der Waals surface area contributed by atoms with Crippen molar-refractivity contribution in [2.45, 2.75) is 19.1 Å². The van der Waals surface area contributed by atoms with Crippen LogP contribution in [0, 0.1) is 0 Å². The monoisotopic (exact) mass is 254 g/mol. The number of benzene rings is 1. The third kappa shape index (κ3) is 3.08. The molecule has 0 aliphatic rings. The van der Waals surface area contributed by atoms with Crippen molar-refractivity contribution in [3.05, 3.63) is 36.1 Å². The second-order valence-electron chi connectivity index (χ2n) is 3.77. The summed E-state index contributed by atoms with van der Waals surface area (Å²) < 4.78 is 33.3. The molecule has 17 heavy (non-hydrogen) atoms. The largest absolute Gasteiger partial charge is 0.460 e. The molecule has 92 valence electrons. The smallest absolute Gasteiger partial charge is 0.274 e. The average Bonchev–Trinajstić information content (AvgIpc) is 2.67.